The Hall–Kier alpha value is -2.83. The highest BCUT2D eigenvalue weighted by molar-refractivity contribution is 6.02. The number of likely N-dealkylation sites (tertiary alicyclic amines) is 1. The second kappa shape index (κ2) is 9.08. The standard InChI is InChI=1S/C28H34N4O2/c1-30-19-32(22-16-24(17-22)33-2)28-25-15-21(7-10-26(25)29-18-27(28)30)20-5-8-23(9-6-20)34-14-13-31-11-3-4-12-31/h5-10,15,18,22,24H,3-4,11-14,16-17,19H2,1-2H3/t22-,24+. The molecule has 3 heterocycles. The van der Waals surface area contributed by atoms with E-state index < -0.39 is 0 Å². The summed E-state index contributed by atoms with van der Waals surface area (Å²) in [6.45, 7) is 5.10. The van der Waals surface area contributed by atoms with Crippen LogP contribution in [-0.4, -0.2) is 69.1 Å². The molecule has 0 spiro atoms. The molecular formula is C28H34N4O2. The lowest BCUT2D eigenvalue weighted by Gasteiger charge is -2.41. The number of pyridine rings is 1. The molecule has 2 fully saturated rings. The molecule has 2 aliphatic heterocycles. The van der Waals surface area contributed by atoms with Gasteiger partial charge in [0.2, 0.25) is 0 Å². The fourth-order valence-corrected chi connectivity index (χ4v) is 5.63. The van der Waals surface area contributed by atoms with Crippen molar-refractivity contribution in [3.63, 3.8) is 0 Å². The van der Waals surface area contributed by atoms with Crippen molar-refractivity contribution in [3.05, 3.63) is 48.7 Å². The molecule has 0 atom stereocenters. The number of hydrogen-bond acceptors (Lipinski definition) is 6. The maximum Gasteiger partial charge on any atom is 0.119 e. The summed E-state index contributed by atoms with van der Waals surface area (Å²) in [5.41, 5.74) is 5.99. The van der Waals surface area contributed by atoms with Crippen molar-refractivity contribution in [3.8, 4) is 16.9 Å². The largest absolute Gasteiger partial charge is 0.492 e. The average Bonchev–Trinajstić information content (AvgIpc) is 3.47. The average molecular weight is 459 g/mol. The third kappa shape index (κ3) is 3.99. The van der Waals surface area contributed by atoms with Crippen LogP contribution in [0.3, 0.4) is 0 Å². The molecule has 1 aromatic heterocycles. The molecular weight excluding hydrogens is 424 g/mol. The highest BCUT2D eigenvalue weighted by atomic mass is 16.5. The normalized spacial score (nSPS) is 22.3. The first-order valence-electron chi connectivity index (χ1n) is 12.6. The Morgan fingerprint density at radius 2 is 1.76 bits per heavy atom. The Morgan fingerprint density at radius 1 is 1.00 bits per heavy atom. The summed E-state index contributed by atoms with van der Waals surface area (Å²) in [6, 6.07) is 15.7. The van der Waals surface area contributed by atoms with Crippen LogP contribution in [0.2, 0.25) is 0 Å². The number of methoxy groups -OCH3 is 1. The number of rotatable bonds is 7. The smallest absolute Gasteiger partial charge is 0.119 e. The Labute approximate surface area is 202 Å². The van der Waals surface area contributed by atoms with Gasteiger partial charge >= 0.3 is 0 Å². The van der Waals surface area contributed by atoms with Gasteiger partial charge < -0.3 is 19.3 Å². The molecule has 3 aliphatic rings. The maximum absolute atomic E-state index is 6.00. The summed E-state index contributed by atoms with van der Waals surface area (Å²) in [5.74, 6) is 0.941. The molecule has 178 valence electrons. The van der Waals surface area contributed by atoms with E-state index in [-0.39, 0.29) is 0 Å². The highest BCUT2D eigenvalue weighted by Gasteiger charge is 2.39. The topological polar surface area (TPSA) is 41.1 Å². The van der Waals surface area contributed by atoms with Crippen LogP contribution < -0.4 is 14.5 Å². The zero-order valence-corrected chi connectivity index (χ0v) is 20.2. The van der Waals surface area contributed by atoms with E-state index in [2.05, 4.69) is 64.2 Å². The van der Waals surface area contributed by atoms with Gasteiger partial charge in [0.25, 0.3) is 0 Å². The number of benzene rings is 2. The number of fused-ring (bicyclic) bond motifs is 3. The number of aromatic nitrogens is 1. The van der Waals surface area contributed by atoms with Crippen LogP contribution in [-0.2, 0) is 4.74 Å². The van der Waals surface area contributed by atoms with Crippen LogP contribution in [0.5, 0.6) is 5.75 Å². The van der Waals surface area contributed by atoms with E-state index in [4.69, 9.17) is 14.5 Å². The minimum atomic E-state index is 0.388. The van der Waals surface area contributed by atoms with Gasteiger partial charge in [0.05, 0.1) is 35.9 Å². The van der Waals surface area contributed by atoms with Crippen molar-refractivity contribution in [2.75, 3.05) is 56.9 Å². The molecule has 0 N–H and O–H groups in total. The monoisotopic (exact) mass is 458 g/mol. The third-order valence-electron chi connectivity index (χ3n) is 7.79. The summed E-state index contributed by atoms with van der Waals surface area (Å²) in [5, 5.41) is 1.23. The zero-order valence-electron chi connectivity index (χ0n) is 20.2. The molecule has 0 bridgehead atoms. The number of anilines is 2. The fraction of sp³-hybridized carbons (Fsp3) is 0.464. The molecule has 6 nitrogen and oxygen atoms in total. The molecule has 6 rings (SSSR count). The van der Waals surface area contributed by atoms with Crippen LogP contribution in [0, 0.1) is 0 Å². The van der Waals surface area contributed by atoms with Crippen LogP contribution >= 0.6 is 0 Å². The molecule has 0 unspecified atom stereocenters. The molecule has 2 aromatic carbocycles. The number of nitrogens with zero attached hydrogens (tertiary/aromatic N) is 4. The molecule has 3 aromatic rings. The Balaban J connectivity index is 1.23. The van der Waals surface area contributed by atoms with Gasteiger partial charge in [-0.2, -0.15) is 0 Å². The van der Waals surface area contributed by atoms with Gasteiger partial charge in [0.1, 0.15) is 12.4 Å². The van der Waals surface area contributed by atoms with Gasteiger partial charge in [0, 0.05) is 32.1 Å². The first-order valence-corrected chi connectivity index (χ1v) is 12.6. The minimum absolute atomic E-state index is 0.388. The first-order chi connectivity index (χ1) is 16.7. The van der Waals surface area contributed by atoms with Crippen molar-refractivity contribution in [2.24, 2.45) is 0 Å². The van der Waals surface area contributed by atoms with E-state index in [1.165, 1.54) is 53.8 Å². The van der Waals surface area contributed by atoms with Crippen LogP contribution in [0.25, 0.3) is 22.0 Å². The van der Waals surface area contributed by atoms with Gasteiger partial charge in [-0.3, -0.25) is 9.88 Å². The van der Waals surface area contributed by atoms with Gasteiger partial charge in [0.15, 0.2) is 0 Å². The summed E-state index contributed by atoms with van der Waals surface area (Å²) < 4.78 is 11.6. The van der Waals surface area contributed by atoms with E-state index in [0.29, 0.717) is 12.1 Å². The van der Waals surface area contributed by atoms with Gasteiger partial charge in [-0.25, -0.2) is 0 Å². The minimum Gasteiger partial charge on any atom is -0.492 e. The van der Waals surface area contributed by atoms with Crippen molar-refractivity contribution < 1.29 is 9.47 Å². The predicted octanol–water partition coefficient (Wildman–Crippen LogP) is 4.77. The molecule has 1 saturated carbocycles. The summed E-state index contributed by atoms with van der Waals surface area (Å²) in [4.78, 5) is 12.1. The van der Waals surface area contributed by atoms with Gasteiger partial charge in [-0.15, -0.1) is 0 Å². The zero-order chi connectivity index (χ0) is 23.1. The number of hydrogen-bond donors (Lipinski definition) is 0. The van der Waals surface area contributed by atoms with Crippen molar-refractivity contribution in [1.29, 1.82) is 0 Å². The molecule has 1 saturated heterocycles. The van der Waals surface area contributed by atoms with Gasteiger partial charge in [-0.1, -0.05) is 18.2 Å². The lowest BCUT2D eigenvalue weighted by molar-refractivity contribution is 0.0259. The number of ether oxygens (including phenoxy) is 2. The van der Waals surface area contributed by atoms with Crippen molar-refractivity contribution in [2.45, 2.75) is 37.8 Å². The first kappa shape index (κ1) is 21.7. The molecule has 34 heavy (non-hydrogen) atoms. The lowest BCUT2D eigenvalue weighted by Crippen LogP contribution is -2.48. The summed E-state index contributed by atoms with van der Waals surface area (Å²) in [6.07, 6.45) is 7.24. The van der Waals surface area contributed by atoms with E-state index in [1.807, 2.05) is 13.3 Å². The van der Waals surface area contributed by atoms with Gasteiger partial charge in [-0.05, 0) is 74.2 Å². The van der Waals surface area contributed by atoms with Crippen molar-refractivity contribution in [1.82, 2.24) is 9.88 Å². The predicted molar refractivity (Wildman–Crippen MR) is 138 cm³/mol. The molecule has 1 aliphatic carbocycles. The fourth-order valence-electron chi connectivity index (χ4n) is 5.63. The van der Waals surface area contributed by atoms with Crippen LogP contribution in [0.1, 0.15) is 25.7 Å². The highest BCUT2D eigenvalue weighted by Crippen LogP contribution is 2.45. The molecule has 6 heteroatoms. The maximum atomic E-state index is 6.00. The Morgan fingerprint density at radius 3 is 2.53 bits per heavy atom. The lowest BCUT2D eigenvalue weighted by atomic mass is 9.87. The SMILES string of the molecule is CO[C@H]1C[C@@H](N2CN(C)c3cnc4ccc(-c5ccc(OCCN6CCCC6)cc5)cc4c32)C1. The Kier molecular flexibility index (Phi) is 5.79. The second-order valence-electron chi connectivity index (χ2n) is 9.94. The summed E-state index contributed by atoms with van der Waals surface area (Å²) >= 11 is 0. The van der Waals surface area contributed by atoms with E-state index in [9.17, 15) is 0 Å². The molecule has 0 amide bonds. The molecule has 0 radical (unpaired) electrons. The summed E-state index contributed by atoms with van der Waals surface area (Å²) in [7, 11) is 3.98. The van der Waals surface area contributed by atoms with Crippen LogP contribution in [0.15, 0.2) is 48.7 Å². The van der Waals surface area contributed by atoms with E-state index >= 15 is 0 Å². The quantitative estimate of drug-likeness (QED) is 0.508. The van der Waals surface area contributed by atoms with Crippen molar-refractivity contribution >= 4 is 22.3 Å². The third-order valence-corrected chi connectivity index (χ3v) is 7.79. The van der Waals surface area contributed by atoms with E-state index in [0.717, 1.165) is 43.9 Å². The van der Waals surface area contributed by atoms with E-state index in [1.54, 1.807) is 0 Å². The second-order valence-corrected chi connectivity index (χ2v) is 9.94. The van der Waals surface area contributed by atoms with Crippen LogP contribution in [0.4, 0.5) is 11.4 Å². The Bertz CT molecular complexity index is 1150.